The molecule has 1 heterocycles. The van der Waals surface area contributed by atoms with E-state index in [9.17, 15) is 9.59 Å². The molecule has 0 aromatic rings. The van der Waals surface area contributed by atoms with Crippen molar-refractivity contribution in [1.29, 1.82) is 0 Å². The number of amides is 2. The van der Waals surface area contributed by atoms with Gasteiger partial charge < -0.3 is 5.11 Å². The van der Waals surface area contributed by atoms with Crippen LogP contribution < -0.4 is 0 Å². The van der Waals surface area contributed by atoms with Crippen molar-refractivity contribution >= 4 is 11.8 Å². The molecule has 1 aliphatic rings. The molecule has 0 unspecified atom stereocenters. The van der Waals surface area contributed by atoms with Crippen molar-refractivity contribution in [3.63, 3.8) is 0 Å². The first-order valence-corrected chi connectivity index (χ1v) is 4.24. The molecule has 0 bridgehead atoms. The molecule has 5 heteroatoms. The van der Waals surface area contributed by atoms with Gasteiger partial charge in [0.2, 0.25) is 11.8 Å². The first kappa shape index (κ1) is 10.1. The Morgan fingerprint density at radius 1 is 1.31 bits per heavy atom. The van der Waals surface area contributed by atoms with E-state index in [-0.39, 0.29) is 37.7 Å². The van der Waals surface area contributed by atoms with Crippen molar-refractivity contribution in [3.05, 3.63) is 0 Å². The van der Waals surface area contributed by atoms with E-state index < -0.39 is 0 Å². The molecular weight excluding hydrogens is 172 g/mol. The number of hydrogen-bond acceptors (Lipinski definition) is 4. The van der Waals surface area contributed by atoms with Gasteiger partial charge in [-0.3, -0.25) is 19.4 Å². The Morgan fingerprint density at radius 2 is 1.77 bits per heavy atom. The van der Waals surface area contributed by atoms with Crippen LogP contribution in [-0.2, 0) is 9.59 Å². The molecule has 0 radical (unpaired) electrons. The summed E-state index contributed by atoms with van der Waals surface area (Å²) in [5.41, 5.74) is 0. The lowest BCUT2D eigenvalue weighted by atomic mass is 10.2. The van der Waals surface area contributed by atoms with Crippen LogP contribution in [0, 0.1) is 0 Å². The standard InChI is InChI=1S/C8H14N2O3/c1-6(2)10-7(12)3-9(5-11)4-8(10)13/h6,11H,3-5H2,1-2H3. The summed E-state index contributed by atoms with van der Waals surface area (Å²) in [7, 11) is 0. The number of piperazine rings is 1. The summed E-state index contributed by atoms with van der Waals surface area (Å²) < 4.78 is 0. The molecule has 1 rings (SSSR count). The fraction of sp³-hybridized carbons (Fsp3) is 0.750. The maximum Gasteiger partial charge on any atom is 0.243 e. The number of carbonyl (C=O) groups excluding carboxylic acids is 2. The Labute approximate surface area is 76.9 Å². The van der Waals surface area contributed by atoms with E-state index in [1.165, 1.54) is 9.80 Å². The number of aliphatic hydroxyl groups is 1. The van der Waals surface area contributed by atoms with Gasteiger partial charge in [0, 0.05) is 6.04 Å². The molecule has 13 heavy (non-hydrogen) atoms. The van der Waals surface area contributed by atoms with Gasteiger partial charge >= 0.3 is 0 Å². The van der Waals surface area contributed by atoms with Crippen LogP contribution in [0.2, 0.25) is 0 Å². The first-order chi connectivity index (χ1) is 6.06. The topological polar surface area (TPSA) is 60.9 Å². The fourth-order valence-corrected chi connectivity index (χ4v) is 1.41. The third-order valence-corrected chi connectivity index (χ3v) is 1.97. The molecule has 1 fully saturated rings. The van der Waals surface area contributed by atoms with Crippen molar-refractivity contribution in [3.8, 4) is 0 Å². The van der Waals surface area contributed by atoms with Gasteiger partial charge in [-0.05, 0) is 13.8 Å². The van der Waals surface area contributed by atoms with Gasteiger partial charge in [0.25, 0.3) is 0 Å². The number of imide groups is 1. The van der Waals surface area contributed by atoms with Crippen molar-refractivity contribution in [2.45, 2.75) is 19.9 Å². The van der Waals surface area contributed by atoms with Crippen molar-refractivity contribution in [2.75, 3.05) is 19.8 Å². The van der Waals surface area contributed by atoms with Crippen LogP contribution in [0.3, 0.4) is 0 Å². The number of rotatable bonds is 2. The highest BCUT2D eigenvalue weighted by atomic mass is 16.3. The second kappa shape index (κ2) is 3.85. The molecule has 0 spiro atoms. The third-order valence-electron chi connectivity index (χ3n) is 1.97. The second-order valence-electron chi connectivity index (χ2n) is 3.38. The molecule has 1 aliphatic heterocycles. The van der Waals surface area contributed by atoms with Gasteiger partial charge in [0.05, 0.1) is 19.8 Å². The fourth-order valence-electron chi connectivity index (χ4n) is 1.41. The third kappa shape index (κ3) is 2.05. The Kier molecular flexibility index (Phi) is 3.00. The van der Waals surface area contributed by atoms with Crippen LogP contribution in [0.1, 0.15) is 13.8 Å². The molecule has 0 saturated carbocycles. The molecule has 0 aromatic heterocycles. The molecule has 74 valence electrons. The minimum Gasteiger partial charge on any atom is -0.381 e. The summed E-state index contributed by atoms with van der Waals surface area (Å²) in [5, 5.41) is 8.75. The lowest BCUT2D eigenvalue weighted by molar-refractivity contribution is -0.155. The summed E-state index contributed by atoms with van der Waals surface area (Å²) in [4.78, 5) is 25.4. The maximum absolute atomic E-state index is 11.4. The summed E-state index contributed by atoms with van der Waals surface area (Å²) in [6.07, 6.45) is 0. The minimum atomic E-state index is -0.247. The Balaban J connectivity index is 2.70. The summed E-state index contributed by atoms with van der Waals surface area (Å²) in [5.74, 6) is -0.472. The summed E-state index contributed by atoms with van der Waals surface area (Å²) in [6.45, 7) is 3.60. The smallest absolute Gasteiger partial charge is 0.243 e. The zero-order valence-electron chi connectivity index (χ0n) is 7.86. The number of nitrogens with zero attached hydrogens (tertiary/aromatic N) is 2. The lowest BCUT2D eigenvalue weighted by Gasteiger charge is -2.33. The van der Waals surface area contributed by atoms with Gasteiger partial charge in [0.15, 0.2) is 0 Å². The molecule has 2 amide bonds. The average Bonchev–Trinajstić information content (AvgIpc) is 2.02. The van der Waals surface area contributed by atoms with Crippen LogP contribution in [0.25, 0.3) is 0 Å². The van der Waals surface area contributed by atoms with Gasteiger partial charge in [-0.15, -0.1) is 0 Å². The highest BCUT2D eigenvalue weighted by Gasteiger charge is 2.31. The molecule has 5 nitrogen and oxygen atoms in total. The van der Waals surface area contributed by atoms with Gasteiger partial charge in [-0.1, -0.05) is 0 Å². The largest absolute Gasteiger partial charge is 0.381 e. The number of carbonyl (C=O) groups is 2. The van der Waals surface area contributed by atoms with Crippen molar-refractivity contribution < 1.29 is 14.7 Å². The van der Waals surface area contributed by atoms with Crippen LogP contribution in [0.5, 0.6) is 0 Å². The summed E-state index contributed by atoms with van der Waals surface area (Å²) >= 11 is 0. The molecule has 0 aromatic carbocycles. The molecular formula is C8H14N2O3. The highest BCUT2D eigenvalue weighted by molar-refractivity contribution is 5.99. The van der Waals surface area contributed by atoms with Crippen LogP contribution in [0.15, 0.2) is 0 Å². The van der Waals surface area contributed by atoms with E-state index in [0.29, 0.717) is 0 Å². The van der Waals surface area contributed by atoms with Crippen molar-refractivity contribution in [2.24, 2.45) is 0 Å². The van der Waals surface area contributed by atoms with E-state index in [2.05, 4.69) is 0 Å². The number of hydrogen-bond donors (Lipinski definition) is 1. The SMILES string of the molecule is CC(C)N1C(=O)CN(CO)CC1=O. The molecule has 1 saturated heterocycles. The van der Waals surface area contributed by atoms with Crippen molar-refractivity contribution in [1.82, 2.24) is 9.80 Å². The van der Waals surface area contributed by atoms with Gasteiger partial charge in [-0.25, -0.2) is 0 Å². The normalized spacial score (nSPS) is 20.2. The van der Waals surface area contributed by atoms with Crippen LogP contribution in [0.4, 0.5) is 0 Å². The monoisotopic (exact) mass is 186 g/mol. The zero-order chi connectivity index (χ0) is 10.0. The van der Waals surface area contributed by atoms with Crippen LogP contribution in [-0.4, -0.2) is 52.6 Å². The number of aliphatic hydroxyl groups excluding tert-OH is 1. The lowest BCUT2D eigenvalue weighted by Crippen LogP contribution is -2.56. The Bertz CT molecular complexity index is 209. The predicted molar refractivity (Wildman–Crippen MR) is 45.6 cm³/mol. The van der Waals surface area contributed by atoms with Gasteiger partial charge in [-0.2, -0.15) is 0 Å². The van der Waals surface area contributed by atoms with E-state index >= 15 is 0 Å². The molecule has 1 N–H and O–H groups in total. The minimum absolute atomic E-state index is 0.0964. The second-order valence-corrected chi connectivity index (χ2v) is 3.38. The Morgan fingerprint density at radius 3 is 2.08 bits per heavy atom. The molecule has 0 aliphatic carbocycles. The average molecular weight is 186 g/mol. The van der Waals surface area contributed by atoms with E-state index in [1.807, 2.05) is 0 Å². The van der Waals surface area contributed by atoms with E-state index in [1.54, 1.807) is 13.8 Å². The molecule has 0 atom stereocenters. The van der Waals surface area contributed by atoms with E-state index in [4.69, 9.17) is 5.11 Å². The highest BCUT2D eigenvalue weighted by Crippen LogP contribution is 2.07. The quantitative estimate of drug-likeness (QED) is 0.563. The maximum atomic E-state index is 11.4. The van der Waals surface area contributed by atoms with E-state index in [0.717, 1.165) is 0 Å². The van der Waals surface area contributed by atoms with Crippen LogP contribution >= 0.6 is 0 Å². The summed E-state index contributed by atoms with van der Waals surface area (Å²) in [6, 6.07) is -0.0964. The first-order valence-electron chi connectivity index (χ1n) is 4.24. The Hall–Kier alpha value is -0.940. The zero-order valence-corrected chi connectivity index (χ0v) is 7.86. The van der Waals surface area contributed by atoms with Gasteiger partial charge in [0.1, 0.15) is 0 Å². The predicted octanol–water partition coefficient (Wildman–Crippen LogP) is -0.985.